The van der Waals surface area contributed by atoms with Crippen LogP contribution in [0.3, 0.4) is 0 Å². The van der Waals surface area contributed by atoms with Gasteiger partial charge in [0.25, 0.3) is 0 Å². The number of nitrogens with two attached hydrogens (primary N) is 1. The molecule has 1 amide bonds. The van der Waals surface area contributed by atoms with E-state index in [1.54, 1.807) is 6.20 Å². The first-order valence-corrected chi connectivity index (χ1v) is 6.79. The Morgan fingerprint density at radius 2 is 2.18 bits per heavy atom. The Morgan fingerprint density at radius 1 is 1.53 bits per heavy atom. The number of hydrogen-bond acceptors (Lipinski definition) is 4. The molecule has 0 aliphatic rings. The predicted octanol–water partition coefficient (Wildman–Crippen LogP) is 2.58. The normalized spacial score (nSPS) is 14.7. The molecule has 0 fully saturated rings. The first-order chi connectivity index (χ1) is 7.95. The van der Waals surface area contributed by atoms with Crippen LogP contribution in [-0.4, -0.2) is 16.9 Å². The molecule has 1 aromatic rings. The molecule has 0 spiro atoms. The Balaban J connectivity index is 2.61. The summed E-state index contributed by atoms with van der Waals surface area (Å²) < 4.78 is 0. The molecule has 2 atom stereocenters. The van der Waals surface area contributed by atoms with E-state index < -0.39 is 6.04 Å². The average molecular weight is 255 g/mol. The van der Waals surface area contributed by atoms with Crippen molar-refractivity contribution >= 4 is 22.4 Å². The third-order valence-electron chi connectivity index (χ3n) is 2.88. The minimum Gasteiger partial charge on any atom is -0.320 e. The molecular formula is C12H21N3OS. The van der Waals surface area contributed by atoms with Crippen LogP contribution in [0.25, 0.3) is 0 Å². The largest absolute Gasteiger partial charge is 0.320 e. The zero-order valence-electron chi connectivity index (χ0n) is 10.9. The maximum Gasteiger partial charge on any atom is 0.243 e. The molecule has 5 heteroatoms. The molecule has 0 radical (unpaired) electrons. The monoisotopic (exact) mass is 255 g/mol. The van der Waals surface area contributed by atoms with E-state index in [0.29, 0.717) is 11.0 Å². The SMILES string of the molecule is CC[C@H](C)[C@H](N)C(=O)Nc1ncc(C(C)C)s1. The highest BCUT2D eigenvalue weighted by atomic mass is 32.1. The van der Waals surface area contributed by atoms with Crippen LogP contribution >= 0.6 is 11.3 Å². The number of anilines is 1. The highest BCUT2D eigenvalue weighted by molar-refractivity contribution is 7.15. The molecule has 0 aromatic carbocycles. The molecule has 1 heterocycles. The Morgan fingerprint density at radius 3 is 2.65 bits per heavy atom. The summed E-state index contributed by atoms with van der Waals surface area (Å²) in [5.74, 6) is 0.463. The van der Waals surface area contributed by atoms with E-state index in [2.05, 4.69) is 24.1 Å². The van der Waals surface area contributed by atoms with Gasteiger partial charge < -0.3 is 11.1 Å². The maximum atomic E-state index is 11.8. The van der Waals surface area contributed by atoms with E-state index in [9.17, 15) is 4.79 Å². The van der Waals surface area contributed by atoms with Crippen LogP contribution < -0.4 is 11.1 Å². The molecule has 4 nitrogen and oxygen atoms in total. The molecule has 0 bridgehead atoms. The van der Waals surface area contributed by atoms with Gasteiger partial charge in [0.2, 0.25) is 5.91 Å². The van der Waals surface area contributed by atoms with Crippen LogP contribution in [0.15, 0.2) is 6.20 Å². The summed E-state index contributed by atoms with van der Waals surface area (Å²) in [5, 5.41) is 3.41. The third kappa shape index (κ3) is 3.78. The fourth-order valence-corrected chi connectivity index (χ4v) is 2.13. The number of nitrogens with zero attached hydrogens (tertiary/aromatic N) is 1. The fraction of sp³-hybridized carbons (Fsp3) is 0.667. The molecule has 1 rings (SSSR count). The van der Waals surface area contributed by atoms with Crippen LogP contribution in [0.5, 0.6) is 0 Å². The van der Waals surface area contributed by atoms with Crippen molar-refractivity contribution in [1.82, 2.24) is 4.98 Å². The maximum absolute atomic E-state index is 11.8. The molecule has 3 N–H and O–H groups in total. The number of amides is 1. The van der Waals surface area contributed by atoms with E-state index in [1.165, 1.54) is 11.3 Å². The Labute approximate surface area is 107 Å². The summed E-state index contributed by atoms with van der Waals surface area (Å²) in [6.07, 6.45) is 2.70. The van der Waals surface area contributed by atoms with Crippen molar-refractivity contribution in [2.24, 2.45) is 11.7 Å². The third-order valence-corrected chi connectivity index (χ3v) is 4.10. The zero-order valence-corrected chi connectivity index (χ0v) is 11.7. The second kappa shape index (κ2) is 6.12. The first kappa shape index (κ1) is 14.1. The average Bonchev–Trinajstić information content (AvgIpc) is 2.75. The number of hydrogen-bond donors (Lipinski definition) is 2. The number of aromatic nitrogens is 1. The Bertz CT molecular complexity index is 376. The molecule has 1 aromatic heterocycles. The summed E-state index contributed by atoms with van der Waals surface area (Å²) in [7, 11) is 0. The summed E-state index contributed by atoms with van der Waals surface area (Å²) in [5.41, 5.74) is 5.85. The molecule has 0 aliphatic heterocycles. The minimum absolute atomic E-state index is 0.149. The Kier molecular flexibility index (Phi) is 5.08. The quantitative estimate of drug-likeness (QED) is 0.849. The number of carbonyl (C=O) groups excluding carboxylic acids is 1. The molecule has 96 valence electrons. The van der Waals surface area contributed by atoms with Crippen molar-refractivity contribution in [3.63, 3.8) is 0 Å². The van der Waals surface area contributed by atoms with Crippen LogP contribution in [0.2, 0.25) is 0 Å². The van der Waals surface area contributed by atoms with Gasteiger partial charge in [0, 0.05) is 11.1 Å². The van der Waals surface area contributed by atoms with Gasteiger partial charge >= 0.3 is 0 Å². The number of carbonyl (C=O) groups is 1. The second-order valence-electron chi connectivity index (χ2n) is 4.62. The predicted molar refractivity (Wildman–Crippen MR) is 72.3 cm³/mol. The number of rotatable bonds is 5. The van der Waals surface area contributed by atoms with Crippen molar-refractivity contribution in [2.45, 2.75) is 46.1 Å². The van der Waals surface area contributed by atoms with Crippen LogP contribution in [0, 0.1) is 5.92 Å². The topological polar surface area (TPSA) is 68.0 Å². The van der Waals surface area contributed by atoms with Crippen molar-refractivity contribution in [1.29, 1.82) is 0 Å². The van der Waals surface area contributed by atoms with Crippen molar-refractivity contribution < 1.29 is 4.79 Å². The van der Waals surface area contributed by atoms with E-state index in [-0.39, 0.29) is 11.8 Å². The van der Waals surface area contributed by atoms with Gasteiger partial charge in [-0.3, -0.25) is 4.79 Å². The summed E-state index contributed by atoms with van der Waals surface area (Å²) in [4.78, 5) is 17.2. The lowest BCUT2D eigenvalue weighted by Crippen LogP contribution is -2.40. The summed E-state index contributed by atoms with van der Waals surface area (Å²) >= 11 is 1.51. The fourth-order valence-electron chi connectivity index (χ4n) is 1.31. The van der Waals surface area contributed by atoms with Crippen LogP contribution in [0.1, 0.15) is 44.9 Å². The second-order valence-corrected chi connectivity index (χ2v) is 5.69. The van der Waals surface area contributed by atoms with Crippen molar-refractivity contribution in [3.8, 4) is 0 Å². The van der Waals surface area contributed by atoms with Gasteiger partial charge in [-0.2, -0.15) is 0 Å². The minimum atomic E-state index is -0.466. The molecule has 0 unspecified atom stereocenters. The molecule has 0 aliphatic carbocycles. The van der Waals surface area contributed by atoms with Gasteiger partial charge in [-0.05, 0) is 11.8 Å². The lowest BCUT2D eigenvalue weighted by Gasteiger charge is -2.16. The molecule has 17 heavy (non-hydrogen) atoms. The van der Waals surface area contributed by atoms with E-state index >= 15 is 0 Å². The molecule has 0 saturated heterocycles. The van der Waals surface area contributed by atoms with Gasteiger partial charge in [0.15, 0.2) is 5.13 Å². The van der Waals surface area contributed by atoms with E-state index in [1.807, 2.05) is 13.8 Å². The van der Waals surface area contributed by atoms with Gasteiger partial charge in [0.1, 0.15) is 0 Å². The van der Waals surface area contributed by atoms with Crippen molar-refractivity contribution in [3.05, 3.63) is 11.1 Å². The summed E-state index contributed by atoms with van der Waals surface area (Å²) in [6.45, 7) is 8.21. The van der Waals surface area contributed by atoms with Gasteiger partial charge in [-0.15, -0.1) is 11.3 Å². The molecular weight excluding hydrogens is 234 g/mol. The van der Waals surface area contributed by atoms with Crippen LogP contribution in [0.4, 0.5) is 5.13 Å². The number of thiazole rings is 1. The van der Waals surface area contributed by atoms with Crippen molar-refractivity contribution in [2.75, 3.05) is 5.32 Å². The number of nitrogens with one attached hydrogen (secondary N) is 1. The highest BCUT2D eigenvalue weighted by Gasteiger charge is 2.20. The van der Waals surface area contributed by atoms with Gasteiger partial charge in [-0.25, -0.2) is 4.98 Å². The molecule has 0 saturated carbocycles. The smallest absolute Gasteiger partial charge is 0.243 e. The Hall–Kier alpha value is -0.940. The first-order valence-electron chi connectivity index (χ1n) is 5.97. The zero-order chi connectivity index (χ0) is 13.0. The van der Waals surface area contributed by atoms with E-state index in [0.717, 1.165) is 11.3 Å². The van der Waals surface area contributed by atoms with Gasteiger partial charge in [-0.1, -0.05) is 34.1 Å². The van der Waals surface area contributed by atoms with Gasteiger partial charge in [0.05, 0.1) is 6.04 Å². The highest BCUT2D eigenvalue weighted by Crippen LogP contribution is 2.25. The van der Waals surface area contributed by atoms with Crippen LogP contribution in [-0.2, 0) is 4.79 Å². The lowest BCUT2D eigenvalue weighted by atomic mass is 10.00. The van der Waals surface area contributed by atoms with E-state index in [4.69, 9.17) is 5.73 Å². The lowest BCUT2D eigenvalue weighted by molar-refractivity contribution is -0.118. The standard InChI is InChI=1S/C12H21N3OS/c1-5-8(4)10(13)11(16)15-12-14-6-9(17-12)7(2)3/h6-8,10H,5,13H2,1-4H3,(H,14,15,16)/t8-,10-/m0/s1. The summed E-state index contributed by atoms with van der Waals surface area (Å²) in [6, 6.07) is -0.466.